The molecular weight excluding hydrogens is 316 g/mol. The van der Waals surface area contributed by atoms with Gasteiger partial charge in [0, 0.05) is 35.5 Å². The van der Waals surface area contributed by atoms with Crippen molar-refractivity contribution in [3.8, 4) is 0 Å². The third-order valence-electron chi connectivity index (χ3n) is 4.11. The molecule has 0 aliphatic carbocycles. The van der Waals surface area contributed by atoms with Crippen LogP contribution in [0.3, 0.4) is 0 Å². The smallest absolute Gasteiger partial charge is 0.323 e. The molecule has 0 bridgehead atoms. The van der Waals surface area contributed by atoms with Gasteiger partial charge in [-0.3, -0.25) is 4.79 Å². The highest BCUT2D eigenvalue weighted by Gasteiger charge is 2.08. The highest BCUT2D eigenvalue weighted by atomic mass is 16.2. The molecular formula is C19H20N4O2. The van der Waals surface area contributed by atoms with E-state index in [2.05, 4.69) is 16.0 Å². The van der Waals surface area contributed by atoms with Crippen molar-refractivity contribution in [1.82, 2.24) is 9.88 Å². The van der Waals surface area contributed by atoms with E-state index in [1.165, 1.54) is 0 Å². The highest BCUT2D eigenvalue weighted by Crippen LogP contribution is 2.21. The number of anilines is 2. The summed E-state index contributed by atoms with van der Waals surface area (Å²) in [5.41, 5.74) is 3.41. The van der Waals surface area contributed by atoms with Gasteiger partial charge in [0.15, 0.2) is 0 Å². The maximum Gasteiger partial charge on any atom is 0.323 e. The molecule has 1 heterocycles. The summed E-state index contributed by atoms with van der Waals surface area (Å²) in [7, 11) is 1.98. The molecule has 1 atom stereocenters. The molecule has 1 aromatic heterocycles. The molecule has 6 nitrogen and oxygen atoms in total. The van der Waals surface area contributed by atoms with Crippen molar-refractivity contribution in [3.63, 3.8) is 0 Å². The van der Waals surface area contributed by atoms with Crippen LogP contribution in [-0.4, -0.2) is 17.0 Å². The Bertz CT molecular complexity index is 917. The normalized spacial score (nSPS) is 11.8. The van der Waals surface area contributed by atoms with Crippen molar-refractivity contribution in [1.29, 1.82) is 0 Å². The molecule has 0 aliphatic heterocycles. The summed E-state index contributed by atoms with van der Waals surface area (Å²) in [6, 6.07) is 14.7. The molecule has 3 rings (SSSR count). The van der Waals surface area contributed by atoms with Crippen LogP contribution in [0.2, 0.25) is 0 Å². The molecule has 0 saturated heterocycles. The minimum atomic E-state index is -0.316. The summed E-state index contributed by atoms with van der Waals surface area (Å²) in [5, 5.41) is 9.40. The second-order valence-corrected chi connectivity index (χ2v) is 5.91. The molecule has 3 N–H and O–H groups in total. The number of amides is 3. The first kappa shape index (κ1) is 16.6. The van der Waals surface area contributed by atoms with Gasteiger partial charge in [0.25, 0.3) is 0 Å². The Kier molecular flexibility index (Phi) is 4.70. The number of rotatable bonds is 5. The first-order chi connectivity index (χ1) is 12.1. The van der Waals surface area contributed by atoms with E-state index >= 15 is 0 Å². The van der Waals surface area contributed by atoms with Crippen LogP contribution < -0.4 is 16.0 Å². The largest absolute Gasteiger partial charge is 0.352 e. The molecule has 3 amide bonds. The number of fused-ring (bicyclic) bond motifs is 1. The number of urea groups is 1. The van der Waals surface area contributed by atoms with Crippen LogP contribution in [0.15, 0.2) is 54.7 Å². The topological polar surface area (TPSA) is 75.2 Å². The van der Waals surface area contributed by atoms with E-state index in [9.17, 15) is 9.59 Å². The van der Waals surface area contributed by atoms with Gasteiger partial charge in [-0.2, -0.15) is 0 Å². The Labute approximate surface area is 145 Å². The summed E-state index contributed by atoms with van der Waals surface area (Å²) in [5.74, 6) is 0. The average molecular weight is 336 g/mol. The molecule has 128 valence electrons. The van der Waals surface area contributed by atoms with Crippen molar-refractivity contribution >= 4 is 34.7 Å². The molecule has 3 aromatic rings. The van der Waals surface area contributed by atoms with E-state index in [0.29, 0.717) is 12.1 Å². The van der Waals surface area contributed by atoms with Crippen molar-refractivity contribution in [3.05, 3.63) is 60.3 Å². The van der Waals surface area contributed by atoms with E-state index in [-0.39, 0.29) is 12.1 Å². The van der Waals surface area contributed by atoms with E-state index in [0.717, 1.165) is 22.2 Å². The van der Waals surface area contributed by atoms with Gasteiger partial charge in [0.2, 0.25) is 6.41 Å². The molecule has 0 fully saturated rings. The fraction of sp³-hybridized carbons (Fsp3) is 0.158. The number of aryl methyl sites for hydroxylation is 1. The standard InChI is InChI=1S/C19H20N4O2/c1-13(20-12-24)14-4-3-5-16(10-14)21-19(25)22-17-6-7-18-15(11-17)8-9-23(18)2/h3-13H,1-2H3,(H,20,24)(H2,21,22,25). The first-order valence-electron chi connectivity index (χ1n) is 7.99. The number of carbonyl (C=O) groups excluding carboxylic acids is 2. The zero-order valence-corrected chi connectivity index (χ0v) is 14.1. The Morgan fingerprint density at radius 1 is 1.08 bits per heavy atom. The molecule has 0 radical (unpaired) electrons. The lowest BCUT2D eigenvalue weighted by molar-refractivity contribution is -0.110. The van der Waals surface area contributed by atoms with Gasteiger partial charge < -0.3 is 20.5 Å². The molecule has 0 aliphatic rings. The van der Waals surface area contributed by atoms with E-state index in [4.69, 9.17) is 0 Å². The van der Waals surface area contributed by atoms with Crippen molar-refractivity contribution in [2.75, 3.05) is 10.6 Å². The zero-order chi connectivity index (χ0) is 17.8. The minimum absolute atomic E-state index is 0.122. The summed E-state index contributed by atoms with van der Waals surface area (Å²) in [6.45, 7) is 1.88. The Balaban J connectivity index is 1.69. The van der Waals surface area contributed by atoms with Gasteiger partial charge in [-0.25, -0.2) is 4.79 Å². The second-order valence-electron chi connectivity index (χ2n) is 5.91. The molecule has 0 spiro atoms. The fourth-order valence-electron chi connectivity index (χ4n) is 2.74. The number of nitrogens with one attached hydrogen (secondary N) is 3. The van der Waals surface area contributed by atoms with Crippen LogP contribution in [0.5, 0.6) is 0 Å². The van der Waals surface area contributed by atoms with Crippen LogP contribution in [-0.2, 0) is 11.8 Å². The molecule has 1 unspecified atom stereocenters. The summed E-state index contributed by atoms with van der Waals surface area (Å²) in [6.07, 6.45) is 2.64. The Hall–Kier alpha value is -3.28. The van der Waals surface area contributed by atoms with Gasteiger partial charge in [0.1, 0.15) is 0 Å². The quantitative estimate of drug-likeness (QED) is 0.622. The number of nitrogens with zero attached hydrogens (tertiary/aromatic N) is 1. The lowest BCUT2D eigenvalue weighted by atomic mass is 10.1. The number of hydrogen-bond donors (Lipinski definition) is 3. The molecule has 25 heavy (non-hydrogen) atoms. The number of benzene rings is 2. The van der Waals surface area contributed by atoms with Crippen LogP contribution in [0.4, 0.5) is 16.2 Å². The monoisotopic (exact) mass is 336 g/mol. The van der Waals surface area contributed by atoms with Crippen LogP contribution in [0.25, 0.3) is 10.9 Å². The zero-order valence-electron chi connectivity index (χ0n) is 14.1. The maximum absolute atomic E-state index is 12.2. The molecule has 6 heteroatoms. The van der Waals surface area contributed by atoms with Crippen molar-refractivity contribution < 1.29 is 9.59 Å². The van der Waals surface area contributed by atoms with Crippen LogP contribution in [0, 0.1) is 0 Å². The summed E-state index contributed by atoms with van der Waals surface area (Å²) >= 11 is 0. The van der Waals surface area contributed by atoms with Crippen molar-refractivity contribution in [2.45, 2.75) is 13.0 Å². The van der Waals surface area contributed by atoms with Crippen molar-refractivity contribution in [2.24, 2.45) is 7.05 Å². The van der Waals surface area contributed by atoms with Gasteiger partial charge >= 0.3 is 6.03 Å². The number of carbonyl (C=O) groups is 2. The predicted molar refractivity (Wildman–Crippen MR) is 99.6 cm³/mol. The molecule has 2 aromatic carbocycles. The van der Waals surface area contributed by atoms with Gasteiger partial charge in [-0.15, -0.1) is 0 Å². The van der Waals surface area contributed by atoms with E-state index in [1.54, 1.807) is 6.07 Å². The molecule has 0 saturated carbocycles. The SMILES string of the molecule is CC(NC=O)c1cccc(NC(=O)Nc2ccc3c(ccn3C)c2)c1. The third-order valence-corrected chi connectivity index (χ3v) is 4.11. The van der Waals surface area contributed by atoms with Crippen LogP contribution >= 0.6 is 0 Å². The highest BCUT2D eigenvalue weighted by molar-refractivity contribution is 6.01. The van der Waals surface area contributed by atoms with Gasteiger partial charge in [0.05, 0.1) is 6.04 Å². The van der Waals surface area contributed by atoms with Gasteiger partial charge in [-0.05, 0) is 48.9 Å². The predicted octanol–water partition coefficient (Wildman–Crippen LogP) is 3.63. The van der Waals surface area contributed by atoms with E-state index in [1.807, 2.05) is 67.2 Å². The fourth-order valence-corrected chi connectivity index (χ4v) is 2.74. The lowest BCUT2D eigenvalue weighted by Crippen LogP contribution is -2.20. The lowest BCUT2D eigenvalue weighted by Gasteiger charge is -2.13. The van der Waals surface area contributed by atoms with Crippen LogP contribution in [0.1, 0.15) is 18.5 Å². The summed E-state index contributed by atoms with van der Waals surface area (Å²) < 4.78 is 2.03. The first-order valence-corrected chi connectivity index (χ1v) is 7.99. The Morgan fingerprint density at radius 2 is 1.84 bits per heavy atom. The third kappa shape index (κ3) is 3.80. The minimum Gasteiger partial charge on any atom is -0.352 e. The van der Waals surface area contributed by atoms with Gasteiger partial charge in [-0.1, -0.05) is 12.1 Å². The Morgan fingerprint density at radius 3 is 2.60 bits per heavy atom. The second kappa shape index (κ2) is 7.09. The van der Waals surface area contributed by atoms with E-state index < -0.39 is 0 Å². The number of hydrogen-bond acceptors (Lipinski definition) is 2. The maximum atomic E-state index is 12.2. The number of aromatic nitrogens is 1. The summed E-state index contributed by atoms with van der Waals surface area (Å²) in [4.78, 5) is 22.8. The average Bonchev–Trinajstić information content (AvgIpc) is 2.96.